The molecule has 1 unspecified atom stereocenters. The van der Waals surface area contributed by atoms with Crippen LogP contribution < -0.4 is 5.32 Å². The molecule has 0 fully saturated rings. The number of nitrogens with one attached hydrogen (secondary N) is 1. The fourth-order valence-electron chi connectivity index (χ4n) is 2.14. The zero-order chi connectivity index (χ0) is 17.7. The van der Waals surface area contributed by atoms with Crippen molar-refractivity contribution in [1.29, 1.82) is 0 Å². The maximum absolute atomic E-state index is 12.5. The van der Waals surface area contributed by atoms with Gasteiger partial charge >= 0.3 is 5.97 Å². The Morgan fingerprint density at radius 2 is 1.96 bits per heavy atom. The van der Waals surface area contributed by atoms with Crippen LogP contribution >= 0.6 is 39.1 Å². The summed E-state index contributed by atoms with van der Waals surface area (Å²) >= 11 is 15.3. The minimum Gasteiger partial charge on any atom is -0.469 e. The standard InChI is InChI=1S/C17H14BrCl2NO3/c1-24-16(22)9-15(10-3-2-4-11(18)7-10)21-17(23)13-6-5-12(19)8-14(13)20/h2-8,15H,9H2,1H3,(H,21,23). The van der Waals surface area contributed by atoms with Gasteiger partial charge in [-0.2, -0.15) is 0 Å². The van der Waals surface area contributed by atoms with E-state index in [0.717, 1.165) is 10.0 Å². The molecule has 0 bridgehead atoms. The molecule has 2 aromatic rings. The van der Waals surface area contributed by atoms with Crippen molar-refractivity contribution in [1.82, 2.24) is 5.32 Å². The van der Waals surface area contributed by atoms with Gasteiger partial charge in [-0.25, -0.2) is 0 Å². The molecule has 24 heavy (non-hydrogen) atoms. The van der Waals surface area contributed by atoms with Crippen molar-refractivity contribution in [2.75, 3.05) is 7.11 Å². The van der Waals surface area contributed by atoms with E-state index < -0.39 is 17.9 Å². The first kappa shape index (κ1) is 18.8. The highest BCUT2D eigenvalue weighted by Crippen LogP contribution is 2.24. The van der Waals surface area contributed by atoms with E-state index in [-0.39, 0.29) is 17.0 Å². The maximum Gasteiger partial charge on any atom is 0.307 e. The van der Waals surface area contributed by atoms with E-state index in [1.54, 1.807) is 6.07 Å². The zero-order valence-corrected chi connectivity index (χ0v) is 15.8. The molecule has 2 aromatic carbocycles. The quantitative estimate of drug-likeness (QED) is 0.693. The lowest BCUT2D eigenvalue weighted by Crippen LogP contribution is -2.30. The van der Waals surface area contributed by atoms with Gasteiger partial charge in [0, 0.05) is 9.50 Å². The van der Waals surface area contributed by atoms with Crippen molar-refractivity contribution in [3.8, 4) is 0 Å². The lowest BCUT2D eigenvalue weighted by molar-refractivity contribution is -0.141. The molecule has 1 N–H and O–H groups in total. The highest BCUT2D eigenvalue weighted by atomic mass is 79.9. The molecule has 0 aromatic heterocycles. The summed E-state index contributed by atoms with van der Waals surface area (Å²) in [7, 11) is 1.30. The maximum atomic E-state index is 12.5. The van der Waals surface area contributed by atoms with Gasteiger partial charge < -0.3 is 10.1 Å². The number of carbonyl (C=O) groups is 2. The summed E-state index contributed by atoms with van der Waals surface area (Å²) in [6.07, 6.45) is 0.00387. The molecule has 0 aliphatic carbocycles. The van der Waals surface area contributed by atoms with Crippen LogP contribution in [0.15, 0.2) is 46.9 Å². The summed E-state index contributed by atoms with van der Waals surface area (Å²) in [5.41, 5.74) is 1.05. The smallest absolute Gasteiger partial charge is 0.307 e. The van der Waals surface area contributed by atoms with Crippen LogP contribution in [-0.2, 0) is 9.53 Å². The van der Waals surface area contributed by atoms with Crippen LogP contribution in [0.25, 0.3) is 0 Å². The van der Waals surface area contributed by atoms with Gasteiger partial charge in [0.1, 0.15) is 0 Å². The summed E-state index contributed by atoms with van der Waals surface area (Å²) < 4.78 is 5.56. The molecule has 0 radical (unpaired) electrons. The van der Waals surface area contributed by atoms with Gasteiger partial charge in [-0.15, -0.1) is 0 Å². The average molecular weight is 431 g/mol. The van der Waals surface area contributed by atoms with Crippen LogP contribution in [0.2, 0.25) is 10.0 Å². The number of benzene rings is 2. The SMILES string of the molecule is COC(=O)CC(NC(=O)c1ccc(Cl)cc1Cl)c1cccc(Br)c1. The molecule has 0 saturated heterocycles. The Morgan fingerprint density at radius 3 is 2.58 bits per heavy atom. The van der Waals surface area contributed by atoms with Crippen LogP contribution in [0, 0.1) is 0 Å². The largest absolute Gasteiger partial charge is 0.469 e. The minimum atomic E-state index is -0.547. The third-order valence-corrected chi connectivity index (χ3v) is 4.37. The Labute approximate surface area is 158 Å². The Kier molecular flexibility index (Phi) is 6.66. The third kappa shape index (κ3) is 4.97. The Hall–Kier alpha value is -1.56. The molecule has 0 aliphatic rings. The number of ether oxygens (including phenoxy) is 1. The molecule has 0 heterocycles. The van der Waals surface area contributed by atoms with E-state index in [0.29, 0.717) is 5.02 Å². The molecular formula is C17H14BrCl2NO3. The van der Waals surface area contributed by atoms with Gasteiger partial charge in [0.15, 0.2) is 0 Å². The minimum absolute atomic E-state index is 0.00387. The molecule has 1 amide bonds. The molecule has 7 heteroatoms. The summed E-state index contributed by atoms with van der Waals surface area (Å²) in [4.78, 5) is 24.2. The third-order valence-electron chi connectivity index (χ3n) is 3.33. The van der Waals surface area contributed by atoms with E-state index in [1.807, 2.05) is 24.3 Å². The zero-order valence-electron chi connectivity index (χ0n) is 12.7. The molecule has 1 atom stereocenters. The van der Waals surface area contributed by atoms with Crippen molar-refractivity contribution in [3.05, 3.63) is 68.1 Å². The summed E-state index contributed by atoms with van der Waals surface area (Å²) in [5, 5.41) is 3.50. The Morgan fingerprint density at radius 1 is 1.21 bits per heavy atom. The van der Waals surface area contributed by atoms with Crippen molar-refractivity contribution in [2.24, 2.45) is 0 Å². The van der Waals surface area contributed by atoms with Crippen LogP contribution in [0.1, 0.15) is 28.4 Å². The predicted octanol–water partition coefficient (Wildman–Crippen LogP) is 4.79. The molecule has 0 aliphatic heterocycles. The number of hydrogen-bond acceptors (Lipinski definition) is 3. The number of carbonyl (C=O) groups excluding carboxylic acids is 2. The number of esters is 1. The number of halogens is 3. The van der Waals surface area contributed by atoms with E-state index in [4.69, 9.17) is 27.9 Å². The van der Waals surface area contributed by atoms with Crippen molar-refractivity contribution in [3.63, 3.8) is 0 Å². The second kappa shape index (κ2) is 8.51. The number of hydrogen-bond donors (Lipinski definition) is 1. The topological polar surface area (TPSA) is 55.4 Å². The van der Waals surface area contributed by atoms with E-state index >= 15 is 0 Å². The van der Waals surface area contributed by atoms with Crippen LogP contribution in [-0.4, -0.2) is 19.0 Å². The Bertz CT molecular complexity index is 767. The molecule has 4 nitrogen and oxygen atoms in total. The van der Waals surface area contributed by atoms with Crippen molar-refractivity contribution < 1.29 is 14.3 Å². The van der Waals surface area contributed by atoms with Crippen LogP contribution in [0.3, 0.4) is 0 Å². The van der Waals surface area contributed by atoms with E-state index in [1.165, 1.54) is 19.2 Å². The average Bonchev–Trinajstić information content (AvgIpc) is 2.53. The highest BCUT2D eigenvalue weighted by Gasteiger charge is 2.21. The first-order valence-corrected chi connectivity index (χ1v) is 8.54. The monoisotopic (exact) mass is 429 g/mol. The molecule has 126 valence electrons. The van der Waals surface area contributed by atoms with E-state index in [9.17, 15) is 9.59 Å². The summed E-state index contributed by atoms with van der Waals surface area (Å²) in [6, 6.07) is 11.4. The molecule has 0 saturated carbocycles. The van der Waals surface area contributed by atoms with Crippen molar-refractivity contribution in [2.45, 2.75) is 12.5 Å². The second-order valence-electron chi connectivity index (χ2n) is 4.99. The molecular weight excluding hydrogens is 417 g/mol. The number of rotatable bonds is 5. The summed E-state index contributed by atoms with van der Waals surface area (Å²) in [5.74, 6) is -0.826. The second-order valence-corrected chi connectivity index (χ2v) is 6.74. The number of methoxy groups -OCH3 is 1. The fraction of sp³-hybridized carbons (Fsp3) is 0.176. The lowest BCUT2D eigenvalue weighted by atomic mass is 10.0. The normalized spacial score (nSPS) is 11.7. The number of amides is 1. The van der Waals surface area contributed by atoms with Gasteiger partial charge in [-0.3, -0.25) is 9.59 Å². The van der Waals surface area contributed by atoms with Gasteiger partial charge in [0.05, 0.1) is 30.2 Å². The van der Waals surface area contributed by atoms with Gasteiger partial charge in [-0.1, -0.05) is 51.3 Å². The lowest BCUT2D eigenvalue weighted by Gasteiger charge is -2.19. The highest BCUT2D eigenvalue weighted by molar-refractivity contribution is 9.10. The van der Waals surface area contributed by atoms with Gasteiger partial charge in [0.25, 0.3) is 5.91 Å². The van der Waals surface area contributed by atoms with Crippen LogP contribution in [0.4, 0.5) is 0 Å². The van der Waals surface area contributed by atoms with Crippen LogP contribution in [0.5, 0.6) is 0 Å². The fourth-order valence-corrected chi connectivity index (χ4v) is 3.05. The molecule has 2 rings (SSSR count). The first-order valence-electron chi connectivity index (χ1n) is 6.99. The van der Waals surface area contributed by atoms with Gasteiger partial charge in [-0.05, 0) is 35.9 Å². The first-order chi connectivity index (χ1) is 11.4. The summed E-state index contributed by atoms with van der Waals surface area (Å²) in [6.45, 7) is 0. The van der Waals surface area contributed by atoms with E-state index in [2.05, 4.69) is 21.2 Å². The van der Waals surface area contributed by atoms with Crippen molar-refractivity contribution >= 4 is 51.0 Å². The Balaban J connectivity index is 2.27. The molecule has 0 spiro atoms. The van der Waals surface area contributed by atoms with Gasteiger partial charge in [0.2, 0.25) is 0 Å². The predicted molar refractivity (Wildman–Crippen MR) is 97.4 cm³/mol.